The van der Waals surface area contributed by atoms with Crippen LogP contribution in [0.4, 0.5) is 0 Å². The first kappa shape index (κ1) is 12.0. The molecule has 2 rings (SSSR count). The fourth-order valence-corrected chi connectivity index (χ4v) is 3.16. The highest BCUT2D eigenvalue weighted by Crippen LogP contribution is 2.21. The Bertz CT molecular complexity index is 338. The van der Waals surface area contributed by atoms with Gasteiger partial charge in [-0.15, -0.1) is 11.3 Å². The van der Waals surface area contributed by atoms with E-state index >= 15 is 0 Å². The number of hydrogen-bond acceptors (Lipinski definition) is 4. The van der Waals surface area contributed by atoms with E-state index in [1.807, 2.05) is 6.92 Å². The smallest absolute Gasteiger partial charge is 0.0943 e. The Kier molecular flexibility index (Phi) is 3.95. The van der Waals surface area contributed by atoms with Crippen LogP contribution in [0.15, 0.2) is 5.38 Å². The predicted octanol–water partition coefficient (Wildman–Crippen LogP) is 1.70. The Morgan fingerprint density at radius 1 is 1.69 bits per heavy atom. The van der Waals surface area contributed by atoms with Gasteiger partial charge < -0.3 is 10.0 Å². The van der Waals surface area contributed by atoms with Gasteiger partial charge >= 0.3 is 0 Å². The third-order valence-electron chi connectivity index (χ3n) is 3.19. The van der Waals surface area contributed by atoms with Gasteiger partial charge in [0.05, 0.1) is 16.8 Å². The molecule has 1 fully saturated rings. The van der Waals surface area contributed by atoms with Crippen molar-refractivity contribution in [2.45, 2.75) is 44.8 Å². The molecule has 1 aliphatic rings. The zero-order valence-corrected chi connectivity index (χ0v) is 10.8. The Morgan fingerprint density at radius 2 is 2.50 bits per heavy atom. The summed E-state index contributed by atoms with van der Waals surface area (Å²) < 4.78 is 0. The maximum absolute atomic E-state index is 9.30. The highest BCUT2D eigenvalue weighted by Gasteiger charge is 2.22. The van der Waals surface area contributed by atoms with Crippen molar-refractivity contribution in [3.8, 4) is 0 Å². The van der Waals surface area contributed by atoms with Crippen LogP contribution in [0.3, 0.4) is 0 Å². The quantitative estimate of drug-likeness (QED) is 0.870. The van der Waals surface area contributed by atoms with Crippen LogP contribution < -0.4 is 0 Å². The second-order valence-electron chi connectivity index (χ2n) is 4.77. The van der Waals surface area contributed by atoms with Gasteiger partial charge in [0.1, 0.15) is 0 Å². The van der Waals surface area contributed by atoms with E-state index in [0.717, 1.165) is 12.1 Å². The molecule has 1 aromatic heterocycles. The van der Waals surface area contributed by atoms with Crippen molar-refractivity contribution in [1.29, 1.82) is 0 Å². The van der Waals surface area contributed by atoms with Crippen molar-refractivity contribution in [1.82, 2.24) is 9.88 Å². The molecule has 1 N–H and O–H groups in total. The van der Waals surface area contributed by atoms with Gasteiger partial charge in [-0.1, -0.05) is 0 Å². The minimum Gasteiger partial charge on any atom is -0.393 e. The summed E-state index contributed by atoms with van der Waals surface area (Å²) >= 11 is 1.73. The number of hydrogen-bond donors (Lipinski definition) is 1. The second-order valence-corrected chi connectivity index (χ2v) is 5.71. The molecule has 1 aromatic rings. The zero-order chi connectivity index (χ0) is 11.5. The van der Waals surface area contributed by atoms with Crippen LogP contribution in [0.5, 0.6) is 0 Å². The number of aliphatic hydroxyl groups excluding tert-OH is 1. The van der Waals surface area contributed by atoms with Crippen LogP contribution in [0.25, 0.3) is 0 Å². The van der Waals surface area contributed by atoms with Gasteiger partial charge in [0.25, 0.3) is 0 Å². The van der Waals surface area contributed by atoms with E-state index in [1.165, 1.54) is 24.4 Å². The number of thiazole rings is 1. The molecule has 0 bridgehead atoms. The first-order valence-electron chi connectivity index (χ1n) is 5.96. The molecule has 1 saturated heterocycles. The van der Waals surface area contributed by atoms with E-state index in [9.17, 15) is 5.11 Å². The molecule has 4 heteroatoms. The van der Waals surface area contributed by atoms with Crippen molar-refractivity contribution in [2.24, 2.45) is 0 Å². The fraction of sp³-hybridized carbons (Fsp3) is 0.750. The molecule has 3 nitrogen and oxygen atoms in total. The van der Waals surface area contributed by atoms with Crippen LogP contribution in [0, 0.1) is 0 Å². The van der Waals surface area contributed by atoms with Crippen LogP contribution >= 0.6 is 11.3 Å². The lowest BCUT2D eigenvalue weighted by Crippen LogP contribution is -2.26. The molecule has 0 aromatic carbocycles. The monoisotopic (exact) mass is 240 g/mol. The number of aliphatic hydroxyl groups is 1. The maximum Gasteiger partial charge on any atom is 0.0943 e. The summed E-state index contributed by atoms with van der Waals surface area (Å²) in [6.45, 7) is 3.03. The SMILES string of the molecule is CC(O)Cc1csc(CC2CCCN2C)n1. The first-order chi connectivity index (χ1) is 7.65. The molecule has 0 aliphatic carbocycles. The standard InChI is InChI=1S/C12H20N2OS/c1-9(15)6-10-8-16-12(13-10)7-11-4-3-5-14(11)2/h8-9,11,15H,3-7H2,1-2H3. The van der Waals surface area contributed by atoms with E-state index in [1.54, 1.807) is 11.3 Å². The van der Waals surface area contributed by atoms with E-state index in [0.29, 0.717) is 12.5 Å². The van der Waals surface area contributed by atoms with E-state index in [2.05, 4.69) is 22.3 Å². The Hall–Kier alpha value is -0.450. The summed E-state index contributed by atoms with van der Waals surface area (Å²) in [5.74, 6) is 0. The summed E-state index contributed by atoms with van der Waals surface area (Å²) in [5, 5.41) is 12.6. The fourth-order valence-electron chi connectivity index (χ4n) is 2.28. The third kappa shape index (κ3) is 3.03. The molecule has 0 saturated carbocycles. The number of likely N-dealkylation sites (N-methyl/N-ethyl adjacent to an activating group) is 1. The molecule has 0 spiro atoms. The second kappa shape index (κ2) is 5.25. The van der Waals surface area contributed by atoms with Gasteiger partial charge in [-0.3, -0.25) is 0 Å². The lowest BCUT2D eigenvalue weighted by Gasteiger charge is -2.17. The average molecular weight is 240 g/mol. The Morgan fingerprint density at radius 3 is 3.12 bits per heavy atom. The molecule has 16 heavy (non-hydrogen) atoms. The lowest BCUT2D eigenvalue weighted by molar-refractivity contribution is 0.194. The molecule has 2 heterocycles. The normalized spacial score (nSPS) is 23.8. The molecule has 1 aliphatic heterocycles. The molecular formula is C12H20N2OS. The molecule has 2 unspecified atom stereocenters. The van der Waals surface area contributed by atoms with Crippen molar-refractivity contribution < 1.29 is 5.11 Å². The Balaban J connectivity index is 1.92. The van der Waals surface area contributed by atoms with Crippen molar-refractivity contribution in [3.63, 3.8) is 0 Å². The third-order valence-corrected chi connectivity index (χ3v) is 4.11. The minimum absolute atomic E-state index is 0.288. The lowest BCUT2D eigenvalue weighted by atomic mass is 10.1. The van der Waals surface area contributed by atoms with Gasteiger partial charge in [-0.2, -0.15) is 0 Å². The highest BCUT2D eigenvalue weighted by molar-refractivity contribution is 7.09. The van der Waals surface area contributed by atoms with Gasteiger partial charge in [0.2, 0.25) is 0 Å². The van der Waals surface area contributed by atoms with Gasteiger partial charge in [0.15, 0.2) is 0 Å². The number of likely N-dealkylation sites (tertiary alicyclic amines) is 1. The first-order valence-corrected chi connectivity index (χ1v) is 6.84. The molecule has 0 amide bonds. The molecule has 90 valence electrons. The van der Waals surface area contributed by atoms with Crippen LogP contribution in [0.2, 0.25) is 0 Å². The molecule has 0 radical (unpaired) electrons. The number of aromatic nitrogens is 1. The minimum atomic E-state index is -0.288. The van der Waals surface area contributed by atoms with Gasteiger partial charge in [0, 0.05) is 24.3 Å². The summed E-state index contributed by atoms with van der Waals surface area (Å²) in [7, 11) is 2.20. The summed E-state index contributed by atoms with van der Waals surface area (Å²) in [5.41, 5.74) is 1.04. The summed E-state index contributed by atoms with van der Waals surface area (Å²) in [6, 6.07) is 0.672. The highest BCUT2D eigenvalue weighted by atomic mass is 32.1. The summed E-state index contributed by atoms with van der Waals surface area (Å²) in [6.07, 6.45) is 4.07. The van der Waals surface area contributed by atoms with Crippen molar-refractivity contribution >= 4 is 11.3 Å². The van der Waals surface area contributed by atoms with Crippen LogP contribution in [-0.4, -0.2) is 40.7 Å². The van der Waals surface area contributed by atoms with E-state index in [4.69, 9.17) is 0 Å². The average Bonchev–Trinajstić information content (AvgIpc) is 2.77. The number of rotatable bonds is 4. The van der Waals surface area contributed by atoms with Crippen molar-refractivity contribution in [2.75, 3.05) is 13.6 Å². The number of nitrogens with zero attached hydrogens (tertiary/aromatic N) is 2. The van der Waals surface area contributed by atoms with Crippen molar-refractivity contribution in [3.05, 3.63) is 16.1 Å². The van der Waals surface area contributed by atoms with Gasteiger partial charge in [-0.25, -0.2) is 4.98 Å². The zero-order valence-electron chi connectivity index (χ0n) is 10.0. The van der Waals surface area contributed by atoms with Crippen LogP contribution in [0.1, 0.15) is 30.5 Å². The van der Waals surface area contributed by atoms with E-state index in [-0.39, 0.29) is 6.10 Å². The maximum atomic E-state index is 9.30. The van der Waals surface area contributed by atoms with Gasteiger partial charge in [-0.05, 0) is 33.4 Å². The summed E-state index contributed by atoms with van der Waals surface area (Å²) in [4.78, 5) is 7.01. The Labute approximate surface area is 101 Å². The topological polar surface area (TPSA) is 36.4 Å². The van der Waals surface area contributed by atoms with Crippen LogP contribution in [-0.2, 0) is 12.8 Å². The molecule has 2 atom stereocenters. The predicted molar refractivity (Wildman–Crippen MR) is 66.9 cm³/mol. The van der Waals surface area contributed by atoms with E-state index < -0.39 is 0 Å². The molecular weight excluding hydrogens is 220 g/mol. The largest absolute Gasteiger partial charge is 0.393 e.